The maximum atomic E-state index is 12.4. The van der Waals surface area contributed by atoms with Crippen LogP contribution in [0.25, 0.3) is 11.1 Å². The van der Waals surface area contributed by atoms with Crippen LogP contribution in [0.2, 0.25) is 0 Å². The number of aliphatic carboxylic acids is 1. The van der Waals surface area contributed by atoms with Gasteiger partial charge >= 0.3 is 12.1 Å². The molecular weight excluding hydrogens is 432 g/mol. The molecule has 0 bridgehead atoms. The molecule has 1 heterocycles. The summed E-state index contributed by atoms with van der Waals surface area (Å²) >= 11 is 0. The molecule has 4 rings (SSSR count). The molecule has 1 aliphatic heterocycles. The predicted molar refractivity (Wildman–Crippen MR) is 128 cm³/mol. The summed E-state index contributed by atoms with van der Waals surface area (Å²) in [6.07, 6.45) is 1.14. The van der Waals surface area contributed by atoms with E-state index in [1.807, 2.05) is 38.1 Å². The monoisotopic (exact) mass is 464 g/mol. The maximum absolute atomic E-state index is 12.4. The Morgan fingerprint density at radius 1 is 1.06 bits per heavy atom. The van der Waals surface area contributed by atoms with Crippen molar-refractivity contribution in [3.63, 3.8) is 0 Å². The highest BCUT2D eigenvalue weighted by molar-refractivity contribution is 5.80. The highest BCUT2D eigenvalue weighted by Crippen LogP contribution is 2.44. The summed E-state index contributed by atoms with van der Waals surface area (Å²) in [5.41, 5.74) is 4.72. The van der Waals surface area contributed by atoms with Crippen LogP contribution >= 0.6 is 0 Å². The molecule has 0 spiro atoms. The standard InChI is InChI=1S/C27H32N2O5/c1-17-14-29(15-23(17)26(31)32)25(30)13-7-8-18(2)28-27(33)34-16-24-21-11-5-3-9-19(21)20-10-4-6-12-22(20)24/h3-6,9-12,17-18,23-24H,7-8,13-16H2,1-2H3,(H,28,33)(H,31,32)/t17-,18?,23-/m0/s1. The number of alkyl carbamates (subject to hydrolysis) is 1. The fraction of sp³-hybridized carbons (Fsp3) is 0.444. The highest BCUT2D eigenvalue weighted by Gasteiger charge is 2.36. The zero-order chi connectivity index (χ0) is 24.2. The van der Waals surface area contributed by atoms with Crippen LogP contribution in [0.15, 0.2) is 48.5 Å². The van der Waals surface area contributed by atoms with E-state index in [1.165, 1.54) is 22.3 Å². The molecule has 2 aromatic carbocycles. The SMILES string of the molecule is CC(CCCC(=O)N1C[C@H](C(=O)O)[C@@H](C)C1)NC(=O)OCC1c2ccccc2-c2ccccc21. The first-order chi connectivity index (χ1) is 16.3. The molecule has 1 aliphatic carbocycles. The molecule has 180 valence electrons. The van der Waals surface area contributed by atoms with Gasteiger partial charge in [-0.1, -0.05) is 55.5 Å². The van der Waals surface area contributed by atoms with Crippen molar-refractivity contribution in [3.05, 3.63) is 59.7 Å². The molecule has 2 N–H and O–H groups in total. The van der Waals surface area contributed by atoms with E-state index in [-0.39, 0.29) is 36.9 Å². The van der Waals surface area contributed by atoms with E-state index in [9.17, 15) is 19.5 Å². The lowest BCUT2D eigenvalue weighted by Gasteiger charge is -2.18. The van der Waals surface area contributed by atoms with Crippen molar-refractivity contribution >= 4 is 18.0 Å². The molecule has 7 heteroatoms. The Labute approximate surface area is 200 Å². The topological polar surface area (TPSA) is 95.9 Å². The Kier molecular flexibility index (Phi) is 7.20. The molecule has 0 radical (unpaired) electrons. The highest BCUT2D eigenvalue weighted by atomic mass is 16.5. The molecule has 7 nitrogen and oxygen atoms in total. The van der Waals surface area contributed by atoms with Gasteiger partial charge in [0.05, 0.1) is 5.92 Å². The van der Waals surface area contributed by atoms with E-state index < -0.39 is 18.0 Å². The number of nitrogens with zero attached hydrogens (tertiary/aromatic N) is 1. The molecule has 34 heavy (non-hydrogen) atoms. The van der Waals surface area contributed by atoms with Crippen molar-refractivity contribution in [2.45, 2.75) is 45.1 Å². The van der Waals surface area contributed by atoms with Gasteiger partial charge in [0.2, 0.25) is 5.91 Å². The lowest BCUT2D eigenvalue weighted by Crippen LogP contribution is -2.34. The number of carboxylic acid groups (broad SMARTS) is 1. The van der Waals surface area contributed by atoms with Crippen molar-refractivity contribution in [1.29, 1.82) is 0 Å². The molecule has 1 unspecified atom stereocenters. The molecule has 2 amide bonds. The Balaban J connectivity index is 1.21. The van der Waals surface area contributed by atoms with E-state index in [0.29, 0.717) is 25.8 Å². The van der Waals surface area contributed by atoms with Gasteiger partial charge in [-0.05, 0) is 47.9 Å². The fourth-order valence-electron chi connectivity index (χ4n) is 5.12. The first kappa shape index (κ1) is 23.8. The summed E-state index contributed by atoms with van der Waals surface area (Å²) in [5.74, 6) is -1.37. The maximum Gasteiger partial charge on any atom is 0.407 e. The van der Waals surface area contributed by atoms with Crippen LogP contribution in [0.4, 0.5) is 4.79 Å². The van der Waals surface area contributed by atoms with Crippen LogP contribution in [0.1, 0.15) is 50.2 Å². The number of carbonyl (C=O) groups excluding carboxylic acids is 2. The van der Waals surface area contributed by atoms with Crippen molar-refractivity contribution < 1.29 is 24.2 Å². The third-order valence-corrected chi connectivity index (χ3v) is 7.02. The molecule has 1 fully saturated rings. The van der Waals surface area contributed by atoms with Gasteiger partial charge in [-0.25, -0.2) is 4.79 Å². The fourth-order valence-corrected chi connectivity index (χ4v) is 5.12. The van der Waals surface area contributed by atoms with Gasteiger partial charge in [-0.2, -0.15) is 0 Å². The minimum Gasteiger partial charge on any atom is -0.481 e. The predicted octanol–water partition coefficient (Wildman–Crippen LogP) is 4.26. The van der Waals surface area contributed by atoms with E-state index in [2.05, 4.69) is 29.6 Å². The second-order valence-electron chi connectivity index (χ2n) is 9.48. The zero-order valence-corrected chi connectivity index (χ0v) is 19.7. The smallest absolute Gasteiger partial charge is 0.407 e. The van der Waals surface area contributed by atoms with Crippen LogP contribution in [0.3, 0.4) is 0 Å². The van der Waals surface area contributed by atoms with Crippen LogP contribution in [-0.4, -0.2) is 53.7 Å². The van der Waals surface area contributed by atoms with Crippen molar-refractivity contribution in [1.82, 2.24) is 10.2 Å². The number of carbonyl (C=O) groups is 3. The summed E-state index contributed by atoms with van der Waals surface area (Å²) < 4.78 is 5.58. The number of rotatable bonds is 8. The van der Waals surface area contributed by atoms with E-state index in [4.69, 9.17) is 4.74 Å². The van der Waals surface area contributed by atoms with Crippen LogP contribution in [0, 0.1) is 11.8 Å². The second-order valence-corrected chi connectivity index (χ2v) is 9.48. The Morgan fingerprint density at radius 2 is 1.68 bits per heavy atom. The van der Waals surface area contributed by atoms with Gasteiger partial charge in [0.1, 0.15) is 6.61 Å². The van der Waals surface area contributed by atoms with Gasteiger partial charge in [0.25, 0.3) is 0 Å². The van der Waals surface area contributed by atoms with Crippen LogP contribution in [-0.2, 0) is 14.3 Å². The number of likely N-dealkylation sites (tertiary alicyclic amines) is 1. The second kappa shape index (κ2) is 10.3. The number of hydrogen-bond acceptors (Lipinski definition) is 4. The third-order valence-electron chi connectivity index (χ3n) is 7.02. The zero-order valence-electron chi connectivity index (χ0n) is 19.7. The van der Waals surface area contributed by atoms with E-state index in [0.717, 1.165) is 0 Å². The van der Waals surface area contributed by atoms with Crippen molar-refractivity contribution in [2.24, 2.45) is 11.8 Å². The molecule has 3 atom stereocenters. The van der Waals surface area contributed by atoms with Gasteiger partial charge in [0, 0.05) is 31.5 Å². The summed E-state index contributed by atoms with van der Waals surface area (Å²) in [4.78, 5) is 37.7. The molecule has 2 aromatic rings. The lowest BCUT2D eigenvalue weighted by molar-refractivity contribution is -0.142. The molecule has 0 aromatic heterocycles. The molecule has 1 saturated heterocycles. The molecular formula is C27H32N2O5. The minimum absolute atomic E-state index is 0.0172. The Morgan fingerprint density at radius 3 is 2.26 bits per heavy atom. The number of nitrogens with one attached hydrogen (secondary N) is 1. The average Bonchev–Trinajstić information content (AvgIpc) is 3.36. The largest absolute Gasteiger partial charge is 0.481 e. The number of amides is 2. The van der Waals surface area contributed by atoms with Gasteiger partial charge in [-0.15, -0.1) is 0 Å². The summed E-state index contributed by atoms with van der Waals surface area (Å²) in [6, 6.07) is 16.3. The van der Waals surface area contributed by atoms with Gasteiger partial charge < -0.3 is 20.1 Å². The summed E-state index contributed by atoms with van der Waals surface area (Å²) in [5, 5.41) is 12.1. The number of carboxylic acids is 1. The Bertz CT molecular complexity index is 1020. The first-order valence-corrected chi connectivity index (χ1v) is 12.0. The Hall–Kier alpha value is -3.35. The lowest BCUT2D eigenvalue weighted by atomic mass is 9.98. The summed E-state index contributed by atoms with van der Waals surface area (Å²) in [7, 11) is 0. The molecule has 0 saturated carbocycles. The third kappa shape index (κ3) is 5.08. The van der Waals surface area contributed by atoms with Crippen LogP contribution in [0.5, 0.6) is 0 Å². The number of ether oxygens (including phenoxy) is 1. The number of hydrogen-bond donors (Lipinski definition) is 2. The normalized spacial score (nSPS) is 19.9. The quantitative estimate of drug-likeness (QED) is 0.609. The molecule has 2 aliphatic rings. The van der Waals surface area contributed by atoms with E-state index in [1.54, 1.807) is 4.90 Å². The number of fused-ring (bicyclic) bond motifs is 3. The van der Waals surface area contributed by atoms with Crippen molar-refractivity contribution in [2.75, 3.05) is 19.7 Å². The first-order valence-electron chi connectivity index (χ1n) is 12.0. The van der Waals surface area contributed by atoms with Crippen LogP contribution < -0.4 is 5.32 Å². The van der Waals surface area contributed by atoms with Gasteiger partial charge in [0.15, 0.2) is 0 Å². The summed E-state index contributed by atoms with van der Waals surface area (Å²) in [6.45, 7) is 4.80. The van der Waals surface area contributed by atoms with E-state index >= 15 is 0 Å². The van der Waals surface area contributed by atoms with Gasteiger partial charge in [-0.3, -0.25) is 9.59 Å². The number of benzene rings is 2. The van der Waals surface area contributed by atoms with Crippen molar-refractivity contribution in [3.8, 4) is 11.1 Å². The minimum atomic E-state index is -0.844. The average molecular weight is 465 g/mol.